The number of nitrogens with zero attached hydrogens (tertiary/aromatic N) is 1. The molecule has 4 heteroatoms. The quantitative estimate of drug-likeness (QED) is 0.797. The van der Waals surface area contributed by atoms with Crippen LogP contribution in [-0.2, 0) is 9.53 Å². The van der Waals surface area contributed by atoms with Crippen LogP contribution in [-0.4, -0.2) is 49.7 Å². The van der Waals surface area contributed by atoms with E-state index in [-0.39, 0.29) is 6.10 Å². The molecular formula is C13H24N2O2. The molecule has 2 rings (SSSR count). The molecule has 3 unspecified atom stereocenters. The first kappa shape index (κ1) is 12.8. The normalized spacial score (nSPS) is 30.1. The molecule has 2 aliphatic rings. The van der Waals surface area contributed by atoms with Gasteiger partial charge in [-0.15, -0.1) is 0 Å². The van der Waals surface area contributed by atoms with E-state index in [0.29, 0.717) is 24.3 Å². The highest BCUT2D eigenvalue weighted by molar-refractivity contribution is 5.76. The van der Waals surface area contributed by atoms with Crippen molar-refractivity contribution < 1.29 is 9.53 Å². The Hall–Kier alpha value is -0.610. The van der Waals surface area contributed by atoms with Gasteiger partial charge in [-0.1, -0.05) is 0 Å². The number of fused-ring (bicyclic) bond motifs is 1. The molecule has 1 N–H and O–H groups in total. The second kappa shape index (κ2) is 5.83. The Morgan fingerprint density at radius 2 is 2.35 bits per heavy atom. The molecule has 0 aromatic carbocycles. The van der Waals surface area contributed by atoms with Gasteiger partial charge < -0.3 is 15.0 Å². The van der Waals surface area contributed by atoms with E-state index >= 15 is 0 Å². The summed E-state index contributed by atoms with van der Waals surface area (Å²) in [5.74, 6) is 1.000. The molecule has 0 aliphatic carbocycles. The molecule has 0 spiro atoms. The first-order valence-corrected chi connectivity index (χ1v) is 6.75. The van der Waals surface area contributed by atoms with Crippen LogP contribution in [0.25, 0.3) is 0 Å². The highest BCUT2D eigenvalue weighted by Crippen LogP contribution is 2.27. The van der Waals surface area contributed by atoms with Crippen molar-refractivity contribution in [1.29, 1.82) is 0 Å². The molecule has 4 nitrogen and oxygen atoms in total. The third-order valence-electron chi connectivity index (χ3n) is 4.17. The molecule has 1 amide bonds. The second-order valence-electron chi connectivity index (χ2n) is 5.30. The van der Waals surface area contributed by atoms with E-state index in [2.05, 4.69) is 10.2 Å². The van der Waals surface area contributed by atoms with Crippen molar-refractivity contribution in [2.45, 2.75) is 44.8 Å². The number of methoxy groups -OCH3 is 1. The Morgan fingerprint density at radius 3 is 3.12 bits per heavy atom. The number of nitrogens with one attached hydrogen (secondary N) is 1. The topological polar surface area (TPSA) is 41.6 Å². The van der Waals surface area contributed by atoms with E-state index in [1.54, 1.807) is 7.11 Å². The van der Waals surface area contributed by atoms with Gasteiger partial charge in [-0.05, 0) is 32.1 Å². The summed E-state index contributed by atoms with van der Waals surface area (Å²) >= 11 is 0. The third kappa shape index (κ3) is 2.99. The van der Waals surface area contributed by atoms with Crippen molar-refractivity contribution in [3.8, 4) is 0 Å². The Kier molecular flexibility index (Phi) is 4.40. The van der Waals surface area contributed by atoms with Gasteiger partial charge in [0.25, 0.3) is 0 Å². The Morgan fingerprint density at radius 1 is 1.53 bits per heavy atom. The predicted octanol–water partition coefficient (Wildman–Crippen LogP) is 1.01. The standard InChI is InChI=1S/C13H24N2O2/c1-10(17-2)5-6-13(16)15-7-3-4-11-8-14-9-12(11)15/h10-12,14H,3-9H2,1-2H3. The van der Waals surface area contributed by atoms with Crippen molar-refractivity contribution in [1.82, 2.24) is 10.2 Å². The molecule has 98 valence electrons. The van der Waals surface area contributed by atoms with Crippen molar-refractivity contribution in [2.75, 3.05) is 26.7 Å². The fourth-order valence-electron chi connectivity index (χ4n) is 2.97. The monoisotopic (exact) mass is 240 g/mol. The van der Waals surface area contributed by atoms with E-state index in [1.165, 1.54) is 6.42 Å². The van der Waals surface area contributed by atoms with Crippen molar-refractivity contribution >= 4 is 5.91 Å². The molecule has 0 bridgehead atoms. The average Bonchev–Trinajstić information content (AvgIpc) is 2.83. The molecule has 2 fully saturated rings. The van der Waals surface area contributed by atoms with Crippen LogP contribution >= 0.6 is 0 Å². The zero-order chi connectivity index (χ0) is 12.3. The van der Waals surface area contributed by atoms with Crippen molar-refractivity contribution in [3.63, 3.8) is 0 Å². The first-order valence-electron chi connectivity index (χ1n) is 6.75. The summed E-state index contributed by atoms with van der Waals surface area (Å²) in [7, 11) is 1.70. The maximum Gasteiger partial charge on any atom is 0.222 e. The molecule has 0 aromatic rings. The van der Waals surface area contributed by atoms with Gasteiger partial charge in [-0.3, -0.25) is 4.79 Å². The van der Waals surface area contributed by atoms with E-state index in [0.717, 1.165) is 32.5 Å². The Labute approximate surface area is 104 Å². The van der Waals surface area contributed by atoms with Gasteiger partial charge in [-0.25, -0.2) is 0 Å². The minimum Gasteiger partial charge on any atom is -0.382 e. The summed E-state index contributed by atoms with van der Waals surface area (Å²) in [4.78, 5) is 14.3. The van der Waals surface area contributed by atoms with Crippen LogP contribution in [0.2, 0.25) is 0 Å². The zero-order valence-electron chi connectivity index (χ0n) is 10.9. The van der Waals surface area contributed by atoms with E-state index in [9.17, 15) is 4.79 Å². The smallest absolute Gasteiger partial charge is 0.222 e. The van der Waals surface area contributed by atoms with Crippen molar-refractivity contribution in [2.24, 2.45) is 5.92 Å². The molecule has 0 saturated carbocycles. The molecule has 2 saturated heterocycles. The van der Waals surface area contributed by atoms with Crippen LogP contribution in [0.5, 0.6) is 0 Å². The third-order valence-corrected chi connectivity index (χ3v) is 4.17. The number of carbonyl (C=O) groups is 1. The van der Waals surface area contributed by atoms with E-state index < -0.39 is 0 Å². The summed E-state index contributed by atoms with van der Waals surface area (Å²) in [6, 6.07) is 0.453. The fraction of sp³-hybridized carbons (Fsp3) is 0.923. The van der Waals surface area contributed by atoms with Gasteiger partial charge in [0.1, 0.15) is 0 Å². The highest BCUT2D eigenvalue weighted by Gasteiger charge is 2.36. The Balaban J connectivity index is 1.85. The lowest BCUT2D eigenvalue weighted by Crippen LogP contribution is -2.48. The molecule has 2 aliphatic heterocycles. The lowest BCUT2D eigenvalue weighted by Gasteiger charge is -2.37. The van der Waals surface area contributed by atoms with Crippen LogP contribution in [0, 0.1) is 5.92 Å². The minimum absolute atomic E-state index is 0.182. The lowest BCUT2D eigenvalue weighted by molar-refractivity contribution is -0.136. The number of carbonyl (C=O) groups excluding carboxylic acids is 1. The summed E-state index contributed by atoms with van der Waals surface area (Å²) in [5, 5.41) is 3.41. The van der Waals surface area contributed by atoms with Crippen LogP contribution in [0.15, 0.2) is 0 Å². The van der Waals surface area contributed by atoms with Gasteiger partial charge in [0.2, 0.25) is 5.91 Å². The SMILES string of the molecule is COC(C)CCC(=O)N1CCCC2CNCC21. The predicted molar refractivity (Wildman–Crippen MR) is 66.8 cm³/mol. The first-order chi connectivity index (χ1) is 8.22. The molecule has 17 heavy (non-hydrogen) atoms. The average molecular weight is 240 g/mol. The van der Waals surface area contributed by atoms with Gasteiger partial charge >= 0.3 is 0 Å². The second-order valence-corrected chi connectivity index (χ2v) is 5.30. The maximum absolute atomic E-state index is 12.2. The molecule has 0 radical (unpaired) electrons. The number of ether oxygens (including phenoxy) is 1. The largest absolute Gasteiger partial charge is 0.382 e. The van der Waals surface area contributed by atoms with E-state index in [4.69, 9.17) is 4.74 Å². The van der Waals surface area contributed by atoms with Gasteiger partial charge in [0.05, 0.1) is 6.10 Å². The van der Waals surface area contributed by atoms with Crippen LogP contribution in [0.4, 0.5) is 0 Å². The maximum atomic E-state index is 12.2. The fourth-order valence-corrected chi connectivity index (χ4v) is 2.97. The van der Waals surface area contributed by atoms with E-state index in [1.807, 2.05) is 6.92 Å². The number of piperidine rings is 1. The Bertz CT molecular complexity index is 270. The molecule has 2 heterocycles. The summed E-state index contributed by atoms with van der Waals surface area (Å²) in [5.41, 5.74) is 0. The zero-order valence-corrected chi connectivity index (χ0v) is 10.9. The summed E-state index contributed by atoms with van der Waals surface area (Å²) in [6.07, 6.45) is 4.07. The molecule has 3 atom stereocenters. The summed E-state index contributed by atoms with van der Waals surface area (Å²) < 4.78 is 5.19. The van der Waals surface area contributed by atoms with Crippen LogP contribution < -0.4 is 5.32 Å². The summed E-state index contributed by atoms with van der Waals surface area (Å²) in [6.45, 7) is 5.03. The highest BCUT2D eigenvalue weighted by atomic mass is 16.5. The van der Waals surface area contributed by atoms with Crippen LogP contribution in [0.3, 0.4) is 0 Å². The van der Waals surface area contributed by atoms with Crippen molar-refractivity contribution in [3.05, 3.63) is 0 Å². The number of likely N-dealkylation sites (tertiary alicyclic amines) is 1. The molecular weight excluding hydrogens is 216 g/mol. The molecule has 0 aromatic heterocycles. The lowest BCUT2D eigenvalue weighted by atomic mass is 9.91. The van der Waals surface area contributed by atoms with Gasteiger partial charge in [0, 0.05) is 39.2 Å². The number of amides is 1. The van der Waals surface area contributed by atoms with Crippen LogP contribution in [0.1, 0.15) is 32.6 Å². The van der Waals surface area contributed by atoms with Gasteiger partial charge in [0.15, 0.2) is 0 Å². The number of rotatable bonds is 4. The number of hydrogen-bond donors (Lipinski definition) is 1. The number of hydrogen-bond acceptors (Lipinski definition) is 3. The van der Waals surface area contributed by atoms with Gasteiger partial charge in [-0.2, -0.15) is 0 Å². The minimum atomic E-state index is 0.182.